The molecule has 0 bridgehead atoms. The fourth-order valence-electron chi connectivity index (χ4n) is 2.26. The van der Waals surface area contributed by atoms with E-state index in [0.717, 1.165) is 18.4 Å². The van der Waals surface area contributed by atoms with Gasteiger partial charge in [0.15, 0.2) is 0 Å². The lowest BCUT2D eigenvalue weighted by molar-refractivity contribution is -0.123. The summed E-state index contributed by atoms with van der Waals surface area (Å²) in [5.74, 6) is 0.0357. The van der Waals surface area contributed by atoms with Crippen LogP contribution in [0, 0.1) is 0 Å². The van der Waals surface area contributed by atoms with Gasteiger partial charge in [0.2, 0.25) is 5.91 Å². The van der Waals surface area contributed by atoms with Crippen molar-refractivity contribution in [2.45, 2.75) is 24.8 Å². The van der Waals surface area contributed by atoms with Crippen LogP contribution in [0.1, 0.15) is 18.4 Å². The Morgan fingerprint density at radius 3 is 2.56 bits per heavy atom. The van der Waals surface area contributed by atoms with Crippen LogP contribution in [-0.2, 0) is 16.0 Å². The Morgan fingerprint density at radius 1 is 1.28 bits per heavy atom. The van der Waals surface area contributed by atoms with Crippen molar-refractivity contribution in [1.82, 2.24) is 5.32 Å². The molecule has 1 aromatic rings. The van der Waals surface area contributed by atoms with Crippen LogP contribution >= 0.6 is 0 Å². The molecule has 1 heterocycles. The van der Waals surface area contributed by atoms with Gasteiger partial charge in [-0.1, -0.05) is 30.3 Å². The minimum atomic E-state index is -0.274. The lowest BCUT2D eigenvalue weighted by atomic mass is 9.90. The van der Waals surface area contributed by atoms with Crippen LogP contribution in [0.15, 0.2) is 30.3 Å². The van der Waals surface area contributed by atoms with Gasteiger partial charge in [0.05, 0.1) is 12.0 Å². The molecule has 1 aliphatic heterocycles. The van der Waals surface area contributed by atoms with Crippen molar-refractivity contribution in [2.24, 2.45) is 5.73 Å². The van der Waals surface area contributed by atoms with E-state index < -0.39 is 0 Å². The highest BCUT2D eigenvalue weighted by Crippen LogP contribution is 2.19. The zero-order valence-electron chi connectivity index (χ0n) is 10.5. The maximum absolute atomic E-state index is 12.0. The van der Waals surface area contributed by atoms with E-state index in [4.69, 9.17) is 10.5 Å². The summed E-state index contributed by atoms with van der Waals surface area (Å²) in [4.78, 5) is 12.0. The number of nitrogens with two attached hydrogens (primary N) is 1. The Morgan fingerprint density at radius 2 is 1.94 bits per heavy atom. The summed E-state index contributed by atoms with van der Waals surface area (Å²) in [6, 6.07) is 9.74. The van der Waals surface area contributed by atoms with E-state index in [0.29, 0.717) is 26.2 Å². The zero-order chi connectivity index (χ0) is 12.8. The van der Waals surface area contributed by atoms with Gasteiger partial charge in [0.25, 0.3) is 0 Å². The van der Waals surface area contributed by atoms with Gasteiger partial charge in [-0.15, -0.1) is 0 Å². The van der Waals surface area contributed by atoms with Crippen LogP contribution in [0.4, 0.5) is 0 Å². The molecule has 0 radical (unpaired) electrons. The highest BCUT2D eigenvalue weighted by molar-refractivity contribution is 5.79. The molecule has 98 valence electrons. The highest BCUT2D eigenvalue weighted by Gasteiger charge is 2.32. The minimum absolute atomic E-state index is 0.0357. The monoisotopic (exact) mass is 248 g/mol. The molecule has 1 amide bonds. The van der Waals surface area contributed by atoms with E-state index in [-0.39, 0.29) is 11.4 Å². The molecule has 2 rings (SSSR count). The summed E-state index contributed by atoms with van der Waals surface area (Å²) in [5.41, 5.74) is 6.56. The molecular weight excluding hydrogens is 228 g/mol. The third-order valence-corrected chi connectivity index (χ3v) is 3.45. The quantitative estimate of drug-likeness (QED) is 0.830. The van der Waals surface area contributed by atoms with Gasteiger partial charge in [0, 0.05) is 19.8 Å². The lowest BCUT2D eigenvalue weighted by Gasteiger charge is -2.37. The van der Waals surface area contributed by atoms with Crippen LogP contribution in [0.2, 0.25) is 0 Å². The van der Waals surface area contributed by atoms with E-state index in [1.165, 1.54) is 0 Å². The fourth-order valence-corrected chi connectivity index (χ4v) is 2.26. The van der Waals surface area contributed by atoms with E-state index in [1.807, 2.05) is 30.3 Å². The number of hydrogen-bond acceptors (Lipinski definition) is 3. The zero-order valence-corrected chi connectivity index (χ0v) is 10.5. The normalized spacial score (nSPS) is 18.3. The number of rotatable bonds is 4. The van der Waals surface area contributed by atoms with Crippen LogP contribution in [0.3, 0.4) is 0 Å². The summed E-state index contributed by atoms with van der Waals surface area (Å²) < 4.78 is 5.32. The highest BCUT2D eigenvalue weighted by atomic mass is 16.5. The van der Waals surface area contributed by atoms with Crippen molar-refractivity contribution in [1.29, 1.82) is 0 Å². The summed E-state index contributed by atoms with van der Waals surface area (Å²) >= 11 is 0. The van der Waals surface area contributed by atoms with Gasteiger partial charge in [-0.05, 0) is 18.4 Å². The number of ether oxygens (including phenoxy) is 1. The summed E-state index contributed by atoms with van der Waals surface area (Å²) in [6.45, 7) is 1.81. The molecule has 0 aromatic heterocycles. The van der Waals surface area contributed by atoms with Crippen molar-refractivity contribution in [3.8, 4) is 0 Å². The van der Waals surface area contributed by atoms with Gasteiger partial charge < -0.3 is 15.8 Å². The predicted octanol–water partition coefficient (Wildman–Crippen LogP) is 0.853. The Balaban J connectivity index is 1.93. The third kappa shape index (κ3) is 3.31. The number of amides is 1. The van der Waals surface area contributed by atoms with Crippen LogP contribution in [-0.4, -0.2) is 31.2 Å². The van der Waals surface area contributed by atoms with E-state index in [9.17, 15) is 4.79 Å². The molecule has 1 aromatic carbocycles. The van der Waals surface area contributed by atoms with Crippen molar-refractivity contribution in [3.05, 3.63) is 35.9 Å². The first-order valence-electron chi connectivity index (χ1n) is 6.37. The van der Waals surface area contributed by atoms with Crippen molar-refractivity contribution in [3.63, 3.8) is 0 Å². The van der Waals surface area contributed by atoms with E-state index in [2.05, 4.69) is 5.32 Å². The van der Waals surface area contributed by atoms with Crippen LogP contribution in [0.5, 0.6) is 0 Å². The topological polar surface area (TPSA) is 64.3 Å². The molecular formula is C14H20N2O2. The Kier molecular flexibility index (Phi) is 4.33. The summed E-state index contributed by atoms with van der Waals surface area (Å²) in [5, 5.41) is 3.09. The largest absolute Gasteiger partial charge is 0.381 e. The first-order valence-corrected chi connectivity index (χ1v) is 6.37. The molecule has 1 aliphatic rings. The van der Waals surface area contributed by atoms with Crippen molar-refractivity contribution in [2.75, 3.05) is 19.8 Å². The van der Waals surface area contributed by atoms with E-state index in [1.54, 1.807) is 0 Å². The van der Waals surface area contributed by atoms with Gasteiger partial charge in [0.1, 0.15) is 0 Å². The SMILES string of the molecule is NCC1(NC(=O)Cc2ccccc2)CCOCC1. The first-order chi connectivity index (χ1) is 8.74. The van der Waals surface area contributed by atoms with Crippen molar-refractivity contribution >= 4 is 5.91 Å². The Hall–Kier alpha value is -1.39. The second kappa shape index (κ2) is 5.98. The molecule has 0 aliphatic carbocycles. The number of benzene rings is 1. The average Bonchev–Trinajstić information content (AvgIpc) is 2.41. The standard InChI is InChI=1S/C14H20N2O2/c15-11-14(6-8-18-9-7-14)16-13(17)10-12-4-2-1-3-5-12/h1-5H,6-11,15H2,(H,16,17). The second-order valence-electron chi connectivity index (χ2n) is 4.81. The van der Waals surface area contributed by atoms with Crippen LogP contribution in [0.25, 0.3) is 0 Å². The molecule has 18 heavy (non-hydrogen) atoms. The smallest absolute Gasteiger partial charge is 0.224 e. The summed E-state index contributed by atoms with van der Waals surface area (Å²) in [7, 11) is 0. The molecule has 3 N–H and O–H groups in total. The summed E-state index contributed by atoms with van der Waals surface area (Å²) in [6.07, 6.45) is 2.00. The Labute approximate surface area is 108 Å². The number of carbonyl (C=O) groups is 1. The molecule has 1 saturated heterocycles. The predicted molar refractivity (Wildman–Crippen MR) is 70.1 cm³/mol. The lowest BCUT2D eigenvalue weighted by Crippen LogP contribution is -2.57. The Bertz CT molecular complexity index is 386. The average molecular weight is 248 g/mol. The molecule has 0 unspecified atom stereocenters. The number of nitrogens with one attached hydrogen (secondary N) is 1. The molecule has 4 nitrogen and oxygen atoms in total. The van der Waals surface area contributed by atoms with Crippen LogP contribution < -0.4 is 11.1 Å². The number of carbonyl (C=O) groups excluding carboxylic acids is 1. The van der Waals surface area contributed by atoms with Gasteiger partial charge >= 0.3 is 0 Å². The van der Waals surface area contributed by atoms with Gasteiger partial charge in [-0.2, -0.15) is 0 Å². The first kappa shape index (κ1) is 13.1. The van der Waals surface area contributed by atoms with Crippen molar-refractivity contribution < 1.29 is 9.53 Å². The fraction of sp³-hybridized carbons (Fsp3) is 0.500. The number of hydrogen-bond donors (Lipinski definition) is 2. The molecule has 0 spiro atoms. The maximum Gasteiger partial charge on any atom is 0.224 e. The molecule has 1 fully saturated rings. The van der Waals surface area contributed by atoms with E-state index >= 15 is 0 Å². The molecule has 0 saturated carbocycles. The molecule has 4 heteroatoms. The van der Waals surface area contributed by atoms with Gasteiger partial charge in [-0.3, -0.25) is 4.79 Å². The third-order valence-electron chi connectivity index (χ3n) is 3.45. The second-order valence-corrected chi connectivity index (χ2v) is 4.81. The minimum Gasteiger partial charge on any atom is -0.381 e. The molecule has 0 atom stereocenters. The maximum atomic E-state index is 12.0. The van der Waals surface area contributed by atoms with Gasteiger partial charge in [-0.25, -0.2) is 0 Å².